The van der Waals surface area contributed by atoms with Gasteiger partial charge < -0.3 is 10.1 Å². The molecule has 0 saturated carbocycles. The Morgan fingerprint density at radius 2 is 2.13 bits per heavy atom. The van der Waals surface area contributed by atoms with Crippen molar-refractivity contribution < 1.29 is 8.95 Å². The van der Waals surface area contributed by atoms with Gasteiger partial charge in [0.25, 0.3) is 0 Å². The van der Waals surface area contributed by atoms with Crippen molar-refractivity contribution in [3.8, 4) is 0 Å². The smallest absolute Gasteiger partial charge is 0.0471 e. The van der Waals surface area contributed by atoms with Gasteiger partial charge in [0.15, 0.2) is 0 Å². The topological polar surface area (TPSA) is 38.3 Å². The van der Waals surface area contributed by atoms with E-state index in [9.17, 15) is 4.21 Å². The van der Waals surface area contributed by atoms with Crippen LogP contribution in [0.25, 0.3) is 0 Å². The molecule has 0 saturated heterocycles. The van der Waals surface area contributed by atoms with Crippen molar-refractivity contribution in [3.63, 3.8) is 0 Å². The Bertz CT molecular complexity index is 159. The van der Waals surface area contributed by atoms with E-state index in [4.69, 9.17) is 4.74 Å². The van der Waals surface area contributed by atoms with Gasteiger partial charge in [-0.25, -0.2) is 0 Å². The Hall–Kier alpha value is 0.0700. The molecule has 0 aromatic rings. The van der Waals surface area contributed by atoms with Crippen LogP contribution in [0.5, 0.6) is 0 Å². The van der Waals surface area contributed by atoms with Crippen LogP contribution in [-0.2, 0) is 15.5 Å². The molecule has 0 aromatic heterocycles. The Morgan fingerprint density at radius 3 is 2.67 bits per heavy atom. The van der Waals surface area contributed by atoms with Crippen molar-refractivity contribution in [2.45, 2.75) is 39.2 Å². The first kappa shape index (κ1) is 15.1. The van der Waals surface area contributed by atoms with E-state index in [2.05, 4.69) is 19.2 Å². The highest BCUT2D eigenvalue weighted by atomic mass is 32.2. The third-order valence-electron chi connectivity index (χ3n) is 2.24. The maximum Gasteiger partial charge on any atom is 0.0471 e. The molecule has 0 heterocycles. The fourth-order valence-electron chi connectivity index (χ4n) is 1.55. The lowest BCUT2D eigenvalue weighted by atomic mass is 10.2. The van der Waals surface area contributed by atoms with E-state index in [1.807, 2.05) is 0 Å². The van der Waals surface area contributed by atoms with E-state index in [0.717, 1.165) is 37.3 Å². The molecule has 3 nitrogen and oxygen atoms in total. The maximum absolute atomic E-state index is 11.7. The highest BCUT2D eigenvalue weighted by Gasteiger charge is 2.10. The van der Waals surface area contributed by atoms with Gasteiger partial charge in [0.05, 0.1) is 0 Å². The molecule has 0 spiro atoms. The van der Waals surface area contributed by atoms with Crippen molar-refractivity contribution in [2.75, 3.05) is 31.8 Å². The molecule has 15 heavy (non-hydrogen) atoms. The van der Waals surface area contributed by atoms with Gasteiger partial charge in [0.1, 0.15) is 0 Å². The molecule has 2 atom stereocenters. The third-order valence-corrected chi connectivity index (χ3v) is 3.76. The predicted molar refractivity (Wildman–Crippen MR) is 66.7 cm³/mol. The minimum atomic E-state index is -0.697. The predicted octanol–water partition coefficient (Wildman–Crippen LogP) is 1.55. The minimum Gasteiger partial charge on any atom is -0.385 e. The summed E-state index contributed by atoms with van der Waals surface area (Å²) in [7, 11) is 0.985. The first-order chi connectivity index (χ1) is 7.24. The fourth-order valence-corrected chi connectivity index (χ4v) is 2.89. The molecule has 0 amide bonds. The summed E-state index contributed by atoms with van der Waals surface area (Å²) in [5.41, 5.74) is 0. The van der Waals surface area contributed by atoms with E-state index in [1.54, 1.807) is 7.11 Å². The normalized spacial score (nSPS) is 15.1. The Balaban J connectivity index is 3.67. The van der Waals surface area contributed by atoms with Crippen LogP contribution in [0, 0.1) is 0 Å². The van der Waals surface area contributed by atoms with Gasteiger partial charge in [-0.05, 0) is 19.4 Å². The van der Waals surface area contributed by atoms with Crippen molar-refractivity contribution in [1.82, 2.24) is 5.32 Å². The number of rotatable bonds is 10. The summed E-state index contributed by atoms with van der Waals surface area (Å²) >= 11 is 0. The average Bonchev–Trinajstić information content (AvgIpc) is 2.19. The maximum atomic E-state index is 11.7. The van der Waals surface area contributed by atoms with E-state index >= 15 is 0 Å². The minimum absolute atomic E-state index is 0.420. The summed E-state index contributed by atoms with van der Waals surface area (Å²) in [6.45, 7) is 5.93. The van der Waals surface area contributed by atoms with Crippen LogP contribution < -0.4 is 5.32 Å². The van der Waals surface area contributed by atoms with Crippen LogP contribution in [0.2, 0.25) is 0 Å². The Labute approximate surface area is 96.4 Å². The molecule has 0 rings (SSSR count). The third kappa shape index (κ3) is 9.03. The largest absolute Gasteiger partial charge is 0.385 e. The molecule has 0 aliphatic rings. The van der Waals surface area contributed by atoms with Crippen LogP contribution in [0.3, 0.4) is 0 Å². The lowest BCUT2D eigenvalue weighted by Crippen LogP contribution is -2.34. The molecule has 92 valence electrons. The second kappa shape index (κ2) is 10.6. The summed E-state index contributed by atoms with van der Waals surface area (Å²) in [5, 5.41) is 3.38. The first-order valence-electron chi connectivity index (χ1n) is 5.81. The standard InChI is InChI=1S/C11H25NO2S/c1-4-7-11(12-5-2)10-15(13)9-6-8-14-3/h11-12H,4-10H2,1-3H3. The summed E-state index contributed by atoms with van der Waals surface area (Å²) < 4.78 is 16.6. The number of hydrogen-bond acceptors (Lipinski definition) is 3. The molecule has 0 aliphatic heterocycles. The summed E-state index contributed by atoms with van der Waals surface area (Å²) in [6, 6.07) is 0.420. The summed E-state index contributed by atoms with van der Waals surface area (Å²) in [4.78, 5) is 0. The number of hydrogen-bond donors (Lipinski definition) is 1. The van der Waals surface area contributed by atoms with Crippen LogP contribution in [0.15, 0.2) is 0 Å². The molecule has 0 fully saturated rings. The summed E-state index contributed by atoms with van der Waals surface area (Å²) in [6.07, 6.45) is 3.16. The van der Waals surface area contributed by atoms with Gasteiger partial charge in [-0.1, -0.05) is 20.3 Å². The second-order valence-corrected chi connectivity index (χ2v) is 5.32. The van der Waals surface area contributed by atoms with Crippen LogP contribution in [0.1, 0.15) is 33.1 Å². The molecule has 0 aliphatic carbocycles. The van der Waals surface area contributed by atoms with Gasteiger partial charge in [0, 0.05) is 42.1 Å². The van der Waals surface area contributed by atoms with Gasteiger partial charge in [0.2, 0.25) is 0 Å². The van der Waals surface area contributed by atoms with Crippen LogP contribution in [-0.4, -0.2) is 42.0 Å². The van der Waals surface area contributed by atoms with E-state index in [-0.39, 0.29) is 0 Å². The first-order valence-corrected chi connectivity index (χ1v) is 7.30. The lowest BCUT2D eigenvalue weighted by molar-refractivity contribution is 0.200. The van der Waals surface area contributed by atoms with E-state index in [1.165, 1.54) is 0 Å². The van der Waals surface area contributed by atoms with Crippen molar-refractivity contribution in [3.05, 3.63) is 0 Å². The van der Waals surface area contributed by atoms with E-state index in [0.29, 0.717) is 12.6 Å². The molecular weight excluding hydrogens is 210 g/mol. The van der Waals surface area contributed by atoms with Crippen LogP contribution in [0.4, 0.5) is 0 Å². The molecule has 4 heteroatoms. The quantitative estimate of drug-likeness (QED) is 0.584. The van der Waals surface area contributed by atoms with Gasteiger partial charge in [-0.15, -0.1) is 0 Å². The van der Waals surface area contributed by atoms with Gasteiger partial charge in [-0.3, -0.25) is 4.21 Å². The molecule has 0 bridgehead atoms. The highest BCUT2D eigenvalue weighted by Crippen LogP contribution is 2.00. The lowest BCUT2D eigenvalue weighted by Gasteiger charge is -2.16. The number of ether oxygens (including phenoxy) is 1. The van der Waals surface area contributed by atoms with Gasteiger partial charge >= 0.3 is 0 Å². The van der Waals surface area contributed by atoms with Crippen LogP contribution >= 0.6 is 0 Å². The fraction of sp³-hybridized carbons (Fsp3) is 1.00. The molecule has 1 N–H and O–H groups in total. The molecular formula is C11H25NO2S. The van der Waals surface area contributed by atoms with Crippen molar-refractivity contribution in [2.24, 2.45) is 0 Å². The van der Waals surface area contributed by atoms with Crippen molar-refractivity contribution >= 4 is 10.8 Å². The van der Waals surface area contributed by atoms with Crippen molar-refractivity contribution in [1.29, 1.82) is 0 Å². The van der Waals surface area contributed by atoms with Gasteiger partial charge in [-0.2, -0.15) is 0 Å². The zero-order chi connectivity index (χ0) is 11.5. The average molecular weight is 235 g/mol. The Kier molecular flexibility index (Phi) is 10.6. The highest BCUT2D eigenvalue weighted by molar-refractivity contribution is 7.85. The second-order valence-electron chi connectivity index (χ2n) is 3.70. The zero-order valence-electron chi connectivity index (χ0n) is 10.3. The monoisotopic (exact) mass is 235 g/mol. The SMILES string of the molecule is CCCC(CS(=O)CCCOC)NCC. The zero-order valence-corrected chi connectivity index (χ0v) is 11.1. The molecule has 2 unspecified atom stereocenters. The number of nitrogens with one attached hydrogen (secondary N) is 1. The Morgan fingerprint density at radius 1 is 1.40 bits per heavy atom. The van der Waals surface area contributed by atoms with E-state index < -0.39 is 10.8 Å². The molecule has 0 aromatic carbocycles. The molecule has 0 radical (unpaired) electrons. The number of methoxy groups -OCH3 is 1. The summed E-state index contributed by atoms with van der Waals surface area (Å²) in [5.74, 6) is 1.55.